The second-order valence-corrected chi connectivity index (χ2v) is 4.75. The summed E-state index contributed by atoms with van der Waals surface area (Å²) < 4.78 is 0. The molecule has 0 saturated heterocycles. The molecule has 0 rings (SSSR count). The first-order valence-corrected chi connectivity index (χ1v) is 6.83. The maximum absolute atomic E-state index is 9.37. The highest BCUT2D eigenvalue weighted by molar-refractivity contribution is 5.66. The summed E-state index contributed by atoms with van der Waals surface area (Å²) in [4.78, 5) is 9.37. The van der Waals surface area contributed by atoms with Crippen molar-refractivity contribution in [1.82, 2.24) is 0 Å². The molecule has 0 bridgehead atoms. The first kappa shape index (κ1) is 18.8. The Balaban J connectivity index is 0. The lowest BCUT2D eigenvalue weighted by atomic mass is 10.00. The van der Waals surface area contributed by atoms with Gasteiger partial charge in [-0.3, -0.25) is 4.79 Å². The average molecular weight is 246 g/mol. The lowest BCUT2D eigenvalue weighted by Gasteiger charge is -2.07. The molecule has 2 unspecified atom stereocenters. The molecule has 3 heteroatoms. The van der Waals surface area contributed by atoms with Gasteiger partial charge < -0.3 is 10.2 Å². The fraction of sp³-hybridized carbons (Fsp3) is 0.929. The van der Waals surface area contributed by atoms with Gasteiger partial charge in [0.1, 0.15) is 0 Å². The van der Waals surface area contributed by atoms with Crippen molar-refractivity contribution < 1.29 is 15.0 Å². The summed E-state index contributed by atoms with van der Waals surface area (Å²) in [5, 5.41) is 16.7. The molecule has 0 radical (unpaired) electrons. The van der Waals surface area contributed by atoms with Gasteiger partial charge in [0.2, 0.25) is 0 Å². The van der Waals surface area contributed by atoms with Crippen molar-refractivity contribution >= 4 is 5.97 Å². The van der Waals surface area contributed by atoms with Crippen LogP contribution in [0.25, 0.3) is 0 Å². The van der Waals surface area contributed by atoms with Gasteiger partial charge in [0.05, 0.1) is 6.10 Å². The van der Waals surface area contributed by atoms with E-state index in [2.05, 4.69) is 13.8 Å². The third-order valence-electron chi connectivity index (χ3n) is 2.82. The third-order valence-corrected chi connectivity index (χ3v) is 2.82. The van der Waals surface area contributed by atoms with Crippen molar-refractivity contribution in [1.29, 1.82) is 0 Å². The molecule has 0 aromatic rings. The van der Waals surface area contributed by atoms with E-state index in [1.165, 1.54) is 32.1 Å². The molecule has 0 spiro atoms. The summed E-state index contributed by atoms with van der Waals surface area (Å²) in [6.45, 7) is 8.03. The van der Waals surface area contributed by atoms with E-state index in [1.807, 2.05) is 6.92 Å². The Labute approximate surface area is 106 Å². The SMILES string of the molecule is CCC(=O)O.CCC(C)CCCCCC(C)O. The van der Waals surface area contributed by atoms with Gasteiger partial charge in [-0.2, -0.15) is 0 Å². The Morgan fingerprint density at radius 1 is 1.06 bits per heavy atom. The second kappa shape index (κ2) is 13.5. The summed E-state index contributed by atoms with van der Waals surface area (Å²) >= 11 is 0. The van der Waals surface area contributed by atoms with Crippen molar-refractivity contribution in [2.75, 3.05) is 0 Å². The highest BCUT2D eigenvalue weighted by atomic mass is 16.4. The largest absolute Gasteiger partial charge is 0.481 e. The molecule has 17 heavy (non-hydrogen) atoms. The first-order chi connectivity index (χ1) is 7.93. The number of aliphatic hydroxyl groups excluding tert-OH is 1. The zero-order valence-corrected chi connectivity index (χ0v) is 11.9. The minimum Gasteiger partial charge on any atom is -0.481 e. The van der Waals surface area contributed by atoms with Gasteiger partial charge in [-0.05, 0) is 19.3 Å². The fourth-order valence-electron chi connectivity index (χ4n) is 1.31. The number of rotatable bonds is 8. The van der Waals surface area contributed by atoms with Crippen LogP contribution >= 0.6 is 0 Å². The molecule has 2 atom stereocenters. The summed E-state index contributed by atoms with van der Waals surface area (Å²) in [5.74, 6) is 0.140. The Morgan fingerprint density at radius 2 is 1.53 bits per heavy atom. The van der Waals surface area contributed by atoms with Gasteiger partial charge in [-0.1, -0.05) is 52.9 Å². The van der Waals surface area contributed by atoms with Gasteiger partial charge in [-0.15, -0.1) is 0 Å². The molecule has 0 amide bonds. The van der Waals surface area contributed by atoms with E-state index in [4.69, 9.17) is 10.2 Å². The summed E-state index contributed by atoms with van der Waals surface area (Å²) in [7, 11) is 0. The highest BCUT2D eigenvalue weighted by Gasteiger charge is 1.99. The van der Waals surface area contributed by atoms with Crippen LogP contribution in [0.5, 0.6) is 0 Å². The van der Waals surface area contributed by atoms with Gasteiger partial charge in [-0.25, -0.2) is 0 Å². The predicted molar refractivity (Wildman–Crippen MR) is 72.1 cm³/mol. The van der Waals surface area contributed by atoms with Crippen LogP contribution in [0.15, 0.2) is 0 Å². The number of aliphatic carboxylic acids is 1. The van der Waals surface area contributed by atoms with E-state index >= 15 is 0 Å². The van der Waals surface area contributed by atoms with Gasteiger partial charge in [0.25, 0.3) is 0 Å². The Morgan fingerprint density at radius 3 is 1.88 bits per heavy atom. The minimum absolute atomic E-state index is 0.103. The number of aliphatic hydroxyl groups is 1. The molecule has 0 aliphatic heterocycles. The van der Waals surface area contributed by atoms with E-state index in [0.717, 1.165) is 12.3 Å². The summed E-state index contributed by atoms with van der Waals surface area (Å²) in [6, 6.07) is 0. The Kier molecular flexibility index (Phi) is 14.9. The maximum Gasteiger partial charge on any atom is 0.303 e. The van der Waals surface area contributed by atoms with E-state index in [-0.39, 0.29) is 12.5 Å². The number of hydrogen-bond acceptors (Lipinski definition) is 2. The van der Waals surface area contributed by atoms with Crippen molar-refractivity contribution in [2.24, 2.45) is 5.92 Å². The molecule has 2 N–H and O–H groups in total. The normalized spacial score (nSPS) is 13.5. The van der Waals surface area contributed by atoms with Crippen LogP contribution in [0.4, 0.5) is 0 Å². The highest BCUT2D eigenvalue weighted by Crippen LogP contribution is 2.13. The minimum atomic E-state index is -0.745. The molecule has 3 nitrogen and oxygen atoms in total. The zero-order chi connectivity index (χ0) is 13.7. The van der Waals surface area contributed by atoms with Crippen LogP contribution in [-0.4, -0.2) is 22.3 Å². The molecule has 0 aromatic carbocycles. The van der Waals surface area contributed by atoms with Crippen LogP contribution in [0.2, 0.25) is 0 Å². The molecular weight excluding hydrogens is 216 g/mol. The lowest BCUT2D eigenvalue weighted by Crippen LogP contribution is -1.98. The third kappa shape index (κ3) is 21.3. The molecule has 0 aromatic heterocycles. The summed E-state index contributed by atoms with van der Waals surface area (Å²) in [6.07, 6.45) is 7.56. The lowest BCUT2D eigenvalue weighted by molar-refractivity contribution is -0.136. The zero-order valence-electron chi connectivity index (χ0n) is 11.9. The van der Waals surface area contributed by atoms with Crippen molar-refractivity contribution in [2.45, 2.75) is 78.7 Å². The van der Waals surface area contributed by atoms with Crippen molar-refractivity contribution in [3.63, 3.8) is 0 Å². The topological polar surface area (TPSA) is 57.5 Å². The monoisotopic (exact) mass is 246 g/mol. The molecule has 0 aliphatic carbocycles. The molecule has 0 aliphatic rings. The smallest absolute Gasteiger partial charge is 0.303 e. The number of carbonyl (C=O) groups is 1. The van der Waals surface area contributed by atoms with Crippen molar-refractivity contribution in [3.05, 3.63) is 0 Å². The number of unbranched alkanes of at least 4 members (excludes halogenated alkanes) is 2. The standard InChI is InChI=1S/C11H24O.C3H6O2/c1-4-10(2)8-6-5-7-9-11(3)12;1-2-3(4)5/h10-12H,4-9H2,1-3H3;2H2,1H3,(H,4,5). The van der Waals surface area contributed by atoms with Crippen LogP contribution in [-0.2, 0) is 4.79 Å². The van der Waals surface area contributed by atoms with Gasteiger partial charge in [0.15, 0.2) is 0 Å². The number of hydrogen-bond donors (Lipinski definition) is 2. The van der Waals surface area contributed by atoms with Gasteiger partial charge >= 0.3 is 5.97 Å². The number of carboxylic acids is 1. The second-order valence-electron chi connectivity index (χ2n) is 4.75. The molecule has 0 heterocycles. The molecular formula is C14H30O3. The van der Waals surface area contributed by atoms with Gasteiger partial charge in [0, 0.05) is 6.42 Å². The van der Waals surface area contributed by atoms with E-state index in [9.17, 15) is 4.79 Å². The maximum atomic E-state index is 9.37. The predicted octanol–water partition coefficient (Wildman–Crippen LogP) is 3.84. The number of carboxylic acid groups (broad SMARTS) is 1. The van der Waals surface area contributed by atoms with Crippen LogP contribution in [0, 0.1) is 5.92 Å². The van der Waals surface area contributed by atoms with Crippen LogP contribution in [0.1, 0.15) is 72.6 Å². The molecule has 0 fully saturated rings. The van der Waals surface area contributed by atoms with Crippen LogP contribution in [0.3, 0.4) is 0 Å². The molecule has 104 valence electrons. The summed E-state index contributed by atoms with van der Waals surface area (Å²) in [5.41, 5.74) is 0. The van der Waals surface area contributed by atoms with E-state index in [1.54, 1.807) is 6.92 Å². The van der Waals surface area contributed by atoms with Crippen molar-refractivity contribution in [3.8, 4) is 0 Å². The van der Waals surface area contributed by atoms with E-state index in [0.29, 0.717) is 0 Å². The van der Waals surface area contributed by atoms with Crippen LogP contribution < -0.4 is 0 Å². The average Bonchev–Trinajstić information content (AvgIpc) is 2.28. The Hall–Kier alpha value is -0.570. The quantitative estimate of drug-likeness (QED) is 0.640. The molecule has 0 saturated carbocycles. The first-order valence-electron chi connectivity index (χ1n) is 6.83. The Bertz CT molecular complexity index is 167. The fourth-order valence-corrected chi connectivity index (χ4v) is 1.31. The van der Waals surface area contributed by atoms with E-state index < -0.39 is 5.97 Å².